The van der Waals surface area contributed by atoms with E-state index in [1.54, 1.807) is 18.2 Å². The maximum absolute atomic E-state index is 15.2. The Morgan fingerprint density at radius 3 is 2.71 bits per heavy atom. The highest BCUT2D eigenvalue weighted by Crippen LogP contribution is 2.32. The van der Waals surface area contributed by atoms with Gasteiger partial charge in [0, 0.05) is 24.8 Å². The predicted molar refractivity (Wildman–Crippen MR) is 132 cm³/mol. The molecule has 1 atom stereocenters. The molecule has 8 nitrogen and oxygen atoms in total. The molecule has 0 saturated carbocycles. The highest BCUT2D eigenvalue weighted by molar-refractivity contribution is 5.90. The van der Waals surface area contributed by atoms with Crippen molar-refractivity contribution in [3.8, 4) is 0 Å². The number of benzene rings is 3. The summed E-state index contributed by atoms with van der Waals surface area (Å²) in [7, 11) is 1.52. The van der Waals surface area contributed by atoms with Gasteiger partial charge in [0.15, 0.2) is 5.82 Å². The first-order valence-electron chi connectivity index (χ1n) is 11.2. The summed E-state index contributed by atoms with van der Waals surface area (Å²) in [6, 6.07) is 17.6. The number of halogens is 1. The van der Waals surface area contributed by atoms with Crippen LogP contribution in [0.25, 0.3) is 10.9 Å². The van der Waals surface area contributed by atoms with Gasteiger partial charge >= 0.3 is 6.03 Å². The van der Waals surface area contributed by atoms with E-state index >= 15 is 4.39 Å². The van der Waals surface area contributed by atoms with Crippen molar-refractivity contribution in [1.82, 2.24) is 14.6 Å². The van der Waals surface area contributed by atoms with Gasteiger partial charge in [0.25, 0.3) is 5.56 Å². The van der Waals surface area contributed by atoms with Gasteiger partial charge in [-0.2, -0.15) is 5.06 Å². The Hall–Kier alpha value is -4.24. The van der Waals surface area contributed by atoms with E-state index < -0.39 is 17.4 Å². The van der Waals surface area contributed by atoms with Gasteiger partial charge in [-0.3, -0.25) is 9.63 Å². The van der Waals surface area contributed by atoms with Crippen LogP contribution in [-0.4, -0.2) is 27.3 Å². The van der Waals surface area contributed by atoms with Gasteiger partial charge in [0.05, 0.1) is 30.2 Å². The lowest BCUT2D eigenvalue weighted by Gasteiger charge is -2.23. The SMILES string of the molecule is Cc1ccc(NC(=O)N2OCC[C@@H]2c2ccccc2)cc1Nc1ccc2ncn(C)c(=O)c2c1F. The van der Waals surface area contributed by atoms with Gasteiger partial charge in [-0.1, -0.05) is 36.4 Å². The van der Waals surface area contributed by atoms with Gasteiger partial charge in [0.2, 0.25) is 0 Å². The minimum Gasteiger partial charge on any atom is -0.353 e. The first-order valence-corrected chi connectivity index (χ1v) is 11.2. The molecule has 2 amide bonds. The fraction of sp³-hybridized carbons (Fsp3) is 0.192. The minimum atomic E-state index is -0.679. The zero-order valence-electron chi connectivity index (χ0n) is 19.3. The van der Waals surface area contributed by atoms with Crippen molar-refractivity contribution in [2.24, 2.45) is 7.05 Å². The molecule has 0 aliphatic carbocycles. The highest BCUT2D eigenvalue weighted by atomic mass is 19.1. The monoisotopic (exact) mass is 473 g/mol. The minimum absolute atomic E-state index is 0.0831. The van der Waals surface area contributed by atoms with Crippen LogP contribution >= 0.6 is 0 Å². The highest BCUT2D eigenvalue weighted by Gasteiger charge is 2.31. The number of aromatic nitrogens is 2. The molecule has 1 aromatic heterocycles. The van der Waals surface area contributed by atoms with Gasteiger partial charge in [-0.05, 0) is 42.3 Å². The topological polar surface area (TPSA) is 88.5 Å². The van der Waals surface area contributed by atoms with E-state index in [9.17, 15) is 9.59 Å². The van der Waals surface area contributed by atoms with Crippen LogP contribution in [0.1, 0.15) is 23.6 Å². The molecule has 1 saturated heterocycles. The first-order chi connectivity index (χ1) is 16.9. The lowest BCUT2D eigenvalue weighted by atomic mass is 10.1. The molecule has 0 radical (unpaired) electrons. The summed E-state index contributed by atoms with van der Waals surface area (Å²) in [6.07, 6.45) is 2.06. The summed E-state index contributed by atoms with van der Waals surface area (Å²) < 4.78 is 16.5. The molecule has 178 valence electrons. The number of hydrogen-bond acceptors (Lipinski definition) is 5. The van der Waals surface area contributed by atoms with Crippen LogP contribution in [0.5, 0.6) is 0 Å². The van der Waals surface area contributed by atoms with Crippen molar-refractivity contribution in [3.05, 3.63) is 94.3 Å². The van der Waals surface area contributed by atoms with Crippen molar-refractivity contribution in [1.29, 1.82) is 0 Å². The number of carbonyl (C=O) groups excluding carboxylic acids is 1. The number of nitrogens with one attached hydrogen (secondary N) is 2. The number of rotatable bonds is 4. The molecule has 2 N–H and O–H groups in total. The largest absolute Gasteiger partial charge is 0.353 e. The first kappa shape index (κ1) is 22.5. The number of anilines is 3. The second-order valence-corrected chi connectivity index (χ2v) is 8.44. The van der Waals surface area contributed by atoms with E-state index in [1.807, 2.05) is 43.3 Å². The molecule has 2 heterocycles. The molecule has 1 fully saturated rings. The summed E-state index contributed by atoms with van der Waals surface area (Å²) in [6.45, 7) is 2.31. The average Bonchev–Trinajstić information content (AvgIpc) is 3.36. The molecule has 0 spiro atoms. The second kappa shape index (κ2) is 9.19. The Morgan fingerprint density at radius 1 is 1.11 bits per heavy atom. The number of fused-ring (bicyclic) bond motifs is 1. The van der Waals surface area contributed by atoms with Gasteiger partial charge in [-0.15, -0.1) is 0 Å². The number of hydrogen-bond donors (Lipinski definition) is 2. The molecule has 1 aliphatic rings. The fourth-order valence-electron chi connectivity index (χ4n) is 4.16. The van der Waals surface area contributed by atoms with Gasteiger partial charge in [-0.25, -0.2) is 14.2 Å². The third-order valence-electron chi connectivity index (χ3n) is 6.07. The van der Waals surface area contributed by atoms with Crippen LogP contribution in [0.2, 0.25) is 0 Å². The van der Waals surface area contributed by atoms with E-state index in [0.717, 1.165) is 11.1 Å². The van der Waals surface area contributed by atoms with Crippen molar-refractivity contribution < 1.29 is 14.0 Å². The summed E-state index contributed by atoms with van der Waals surface area (Å²) >= 11 is 0. The van der Waals surface area contributed by atoms with E-state index in [0.29, 0.717) is 24.4 Å². The molecular weight excluding hydrogens is 449 g/mol. The summed E-state index contributed by atoms with van der Waals surface area (Å²) in [5, 5.41) is 7.18. The smallest absolute Gasteiger partial charge is 0.346 e. The van der Waals surface area contributed by atoms with Crippen LogP contribution in [0, 0.1) is 12.7 Å². The molecular formula is C26H24FN5O3. The number of nitrogens with zero attached hydrogens (tertiary/aromatic N) is 3. The Morgan fingerprint density at radius 2 is 1.91 bits per heavy atom. The molecule has 0 unspecified atom stereocenters. The third-order valence-corrected chi connectivity index (χ3v) is 6.07. The lowest BCUT2D eigenvalue weighted by molar-refractivity contribution is -0.0829. The molecule has 4 aromatic rings. The predicted octanol–water partition coefficient (Wildman–Crippen LogP) is 5.04. The normalized spacial score (nSPS) is 15.4. The maximum Gasteiger partial charge on any atom is 0.346 e. The fourth-order valence-corrected chi connectivity index (χ4v) is 4.16. The molecule has 35 heavy (non-hydrogen) atoms. The van der Waals surface area contributed by atoms with Crippen LogP contribution in [0.3, 0.4) is 0 Å². The third kappa shape index (κ3) is 4.33. The number of amides is 2. The Labute approximate surface area is 200 Å². The molecule has 0 bridgehead atoms. The van der Waals surface area contributed by atoms with E-state index in [1.165, 1.54) is 29.1 Å². The zero-order valence-corrected chi connectivity index (χ0v) is 19.3. The van der Waals surface area contributed by atoms with Gasteiger partial charge < -0.3 is 15.2 Å². The Bertz CT molecular complexity index is 1470. The maximum atomic E-state index is 15.2. The van der Waals surface area contributed by atoms with Gasteiger partial charge in [0.1, 0.15) is 5.39 Å². The number of aryl methyl sites for hydroxylation is 2. The molecule has 1 aliphatic heterocycles. The van der Waals surface area contributed by atoms with Crippen LogP contribution in [0.15, 0.2) is 71.8 Å². The summed E-state index contributed by atoms with van der Waals surface area (Å²) in [4.78, 5) is 35.1. The quantitative estimate of drug-likeness (QED) is 0.434. The summed E-state index contributed by atoms with van der Waals surface area (Å²) in [5.41, 5.74) is 2.90. The van der Waals surface area contributed by atoms with Crippen LogP contribution in [-0.2, 0) is 11.9 Å². The van der Waals surface area contributed by atoms with E-state index in [4.69, 9.17) is 4.84 Å². The van der Waals surface area contributed by atoms with Crippen molar-refractivity contribution in [2.45, 2.75) is 19.4 Å². The lowest BCUT2D eigenvalue weighted by Crippen LogP contribution is -2.33. The average molecular weight is 474 g/mol. The number of carbonyl (C=O) groups is 1. The second-order valence-electron chi connectivity index (χ2n) is 8.44. The van der Waals surface area contributed by atoms with E-state index in [2.05, 4.69) is 15.6 Å². The molecule has 5 rings (SSSR count). The van der Waals surface area contributed by atoms with Crippen molar-refractivity contribution in [2.75, 3.05) is 17.2 Å². The molecule has 9 heteroatoms. The zero-order chi connectivity index (χ0) is 24.5. The van der Waals surface area contributed by atoms with Crippen molar-refractivity contribution >= 4 is 34.0 Å². The van der Waals surface area contributed by atoms with Crippen molar-refractivity contribution in [3.63, 3.8) is 0 Å². The Balaban J connectivity index is 1.39. The number of hydroxylamine groups is 2. The summed E-state index contributed by atoms with van der Waals surface area (Å²) in [5.74, 6) is -0.679. The Kier molecular flexibility index (Phi) is 5.92. The molecule has 3 aromatic carbocycles. The van der Waals surface area contributed by atoms with E-state index in [-0.39, 0.29) is 22.6 Å². The van der Waals surface area contributed by atoms with Crippen LogP contribution in [0.4, 0.5) is 26.2 Å². The number of urea groups is 1. The van der Waals surface area contributed by atoms with Crippen LogP contribution < -0.4 is 16.2 Å². The standard InChI is InChI=1S/C26H24FN5O3/c1-16-8-9-18(29-26(34)32-22(12-13-35-32)17-6-4-3-5-7-17)14-21(16)30-20-11-10-19-23(24(20)27)25(33)31(2)15-28-19/h3-11,14-15,22,30H,12-13H2,1-2H3,(H,29,34)/t22-/m1/s1.